The van der Waals surface area contributed by atoms with Gasteiger partial charge in [-0.3, -0.25) is 9.59 Å². The van der Waals surface area contributed by atoms with Crippen LogP contribution in [0.25, 0.3) is 4.96 Å². The monoisotopic (exact) mass is 444 g/mol. The van der Waals surface area contributed by atoms with Crippen molar-refractivity contribution in [1.29, 1.82) is 0 Å². The van der Waals surface area contributed by atoms with Crippen molar-refractivity contribution in [1.82, 2.24) is 24.4 Å². The zero-order valence-electron chi connectivity index (χ0n) is 18.3. The number of aromatic nitrogens is 3. The lowest BCUT2D eigenvalue weighted by atomic mass is 9.99. The van der Waals surface area contributed by atoms with Crippen LogP contribution in [0.3, 0.4) is 0 Å². The first-order valence-corrected chi connectivity index (χ1v) is 12.6. The summed E-state index contributed by atoms with van der Waals surface area (Å²) >= 11 is 1.41. The van der Waals surface area contributed by atoms with Crippen LogP contribution in [0.2, 0.25) is 0 Å². The Morgan fingerprint density at radius 2 is 1.71 bits per heavy atom. The van der Waals surface area contributed by atoms with Gasteiger partial charge in [-0.1, -0.05) is 24.7 Å². The van der Waals surface area contributed by atoms with Gasteiger partial charge >= 0.3 is 0 Å². The lowest BCUT2D eigenvalue weighted by molar-refractivity contribution is 0.0582. The van der Waals surface area contributed by atoms with Crippen molar-refractivity contribution < 1.29 is 4.79 Å². The Labute approximate surface area is 186 Å². The van der Waals surface area contributed by atoms with Gasteiger partial charge in [-0.2, -0.15) is 9.50 Å². The third-order valence-electron chi connectivity index (χ3n) is 7.18. The number of hydrogen-bond donors (Lipinski definition) is 0. The van der Waals surface area contributed by atoms with E-state index >= 15 is 0 Å². The molecule has 3 fully saturated rings. The van der Waals surface area contributed by atoms with Crippen LogP contribution in [0.1, 0.15) is 62.4 Å². The third-order valence-corrected chi connectivity index (χ3v) is 8.14. The van der Waals surface area contributed by atoms with Crippen LogP contribution in [-0.4, -0.2) is 75.6 Å². The maximum atomic E-state index is 13.4. The number of carbonyl (C=O) groups excluding carboxylic acids is 1. The van der Waals surface area contributed by atoms with Crippen molar-refractivity contribution in [2.75, 3.05) is 44.2 Å². The first kappa shape index (κ1) is 20.9. The molecule has 168 valence electrons. The summed E-state index contributed by atoms with van der Waals surface area (Å²) in [6, 6.07) is 1.94. The molecule has 5 rings (SSSR count). The van der Waals surface area contributed by atoms with Gasteiger partial charge in [0, 0.05) is 38.3 Å². The van der Waals surface area contributed by atoms with Gasteiger partial charge in [-0.05, 0) is 57.5 Å². The van der Waals surface area contributed by atoms with Gasteiger partial charge in [0.2, 0.25) is 10.1 Å². The van der Waals surface area contributed by atoms with Gasteiger partial charge in [0.05, 0.1) is 0 Å². The van der Waals surface area contributed by atoms with E-state index in [1.54, 1.807) is 4.52 Å². The highest BCUT2D eigenvalue weighted by molar-refractivity contribution is 7.20. The number of rotatable bonds is 3. The average Bonchev–Trinajstić information content (AvgIpc) is 3.23. The minimum Gasteiger partial charge on any atom is -0.347 e. The van der Waals surface area contributed by atoms with E-state index in [4.69, 9.17) is 5.10 Å². The van der Waals surface area contributed by atoms with Crippen LogP contribution in [0.5, 0.6) is 0 Å². The summed E-state index contributed by atoms with van der Waals surface area (Å²) in [6.45, 7) is 8.05. The second-order valence-electron chi connectivity index (χ2n) is 9.35. The molecule has 0 unspecified atom stereocenters. The lowest BCUT2D eigenvalue weighted by Crippen LogP contribution is -2.48. The summed E-state index contributed by atoms with van der Waals surface area (Å²) in [5.74, 6) is 0.630. The number of piperidine rings is 3. The van der Waals surface area contributed by atoms with Crippen LogP contribution in [0.4, 0.5) is 5.13 Å². The fourth-order valence-corrected chi connectivity index (χ4v) is 6.12. The standard InChI is InChI=1S/C22H32N6O2S/c1-16-5-11-27(12-6-16)22-24-28-18(15-19(29)23-21(28)31-22)20(30)26-13-7-17(8-14-26)25-9-3-2-4-10-25/h15-17H,2-14H2,1H3. The second-order valence-corrected chi connectivity index (χ2v) is 10.3. The molecule has 1 amide bonds. The van der Waals surface area contributed by atoms with Crippen molar-refractivity contribution in [2.24, 2.45) is 5.92 Å². The maximum absolute atomic E-state index is 13.4. The molecule has 0 saturated carbocycles. The zero-order chi connectivity index (χ0) is 21.4. The van der Waals surface area contributed by atoms with Crippen LogP contribution in [0, 0.1) is 5.92 Å². The number of nitrogens with zero attached hydrogens (tertiary/aromatic N) is 6. The highest BCUT2D eigenvalue weighted by Gasteiger charge is 2.30. The van der Waals surface area contributed by atoms with Gasteiger partial charge in [0.15, 0.2) is 0 Å². The Bertz CT molecular complexity index is 982. The fraction of sp³-hybridized carbons (Fsp3) is 0.727. The second kappa shape index (κ2) is 8.86. The molecule has 3 aliphatic heterocycles. The van der Waals surface area contributed by atoms with Crippen molar-refractivity contribution >= 4 is 27.3 Å². The summed E-state index contributed by atoms with van der Waals surface area (Å²) in [5, 5.41) is 5.56. The highest BCUT2D eigenvalue weighted by Crippen LogP contribution is 2.28. The Morgan fingerprint density at radius 1 is 1.00 bits per heavy atom. The zero-order valence-corrected chi connectivity index (χ0v) is 19.1. The molecule has 0 spiro atoms. The highest BCUT2D eigenvalue weighted by atomic mass is 32.1. The van der Waals surface area contributed by atoms with Crippen molar-refractivity contribution in [3.63, 3.8) is 0 Å². The Morgan fingerprint density at radius 3 is 2.42 bits per heavy atom. The molecule has 0 N–H and O–H groups in total. The Hall–Kier alpha value is -2.00. The van der Waals surface area contributed by atoms with Crippen LogP contribution >= 0.6 is 11.3 Å². The number of fused-ring (bicyclic) bond motifs is 1. The quantitative estimate of drug-likeness (QED) is 0.724. The summed E-state index contributed by atoms with van der Waals surface area (Å²) in [6.07, 6.45) is 8.20. The van der Waals surface area contributed by atoms with Crippen molar-refractivity contribution in [3.8, 4) is 0 Å². The van der Waals surface area contributed by atoms with E-state index < -0.39 is 0 Å². The molecule has 0 aromatic carbocycles. The predicted octanol–water partition coefficient (Wildman–Crippen LogP) is 2.48. The van der Waals surface area contributed by atoms with Gasteiger partial charge in [-0.25, -0.2) is 0 Å². The van der Waals surface area contributed by atoms with Gasteiger partial charge < -0.3 is 14.7 Å². The normalized spacial score (nSPS) is 22.4. The number of likely N-dealkylation sites (tertiary alicyclic amines) is 2. The number of hydrogen-bond acceptors (Lipinski definition) is 7. The number of anilines is 1. The Balaban J connectivity index is 1.33. The molecule has 2 aromatic heterocycles. The van der Waals surface area contributed by atoms with E-state index in [0.29, 0.717) is 16.7 Å². The first-order chi connectivity index (χ1) is 15.1. The molecular weight excluding hydrogens is 412 g/mol. The molecule has 0 atom stereocenters. The van der Waals surface area contributed by atoms with Crippen LogP contribution < -0.4 is 10.5 Å². The maximum Gasteiger partial charge on any atom is 0.274 e. The Kier molecular flexibility index (Phi) is 5.97. The lowest BCUT2D eigenvalue weighted by Gasteiger charge is -2.40. The summed E-state index contributed by atoms with van der Waals surface area (Å²) in [5.41, 5.74) is -0.0201. The molecule has 2 aromatic rings. The minimum atomic E-state index is -0.367. The topological polar surface area (TPSA) is 74.1 Å². The van der Waals surface area contributed by atoms with E-state index in [1.165, 1.54) is 49.8 Å². The van der Waals surface area contributed by atoms with Crippen LogP contribution in [0.15, 0.2) is 10.9 Å². The van der Waals surface area contributed by atoms with E-state index in [0.717, 1.165) is 62.9 Å². The van der Waals surface area contributed by atoms with Crippen molar-refractivity contribution in [2.45, 2.75) is 57.9 Å². The summed E-state index contributed by atoms with van der Waals surface area (Å²) < 4.78 is 1.60. The van der Waals surface area contributed by atoms with E-state index in [-0.39, 0.29) is 11.5 Å². The molecule has 0 aliphatic carbocycles. The molecule has 8 nitrogen and oxygen atoms in total. The van der Waals surface area contributed by atoms with E-state index in [9.17, 15) is 9.59 Å². The molecule has 3 aliphatic rings. The fourth-order valence-electron chi connectivity index (χ4n) is 5.16. The molecule has 3 saturated heterocycles. The first-order valence-electron chi connectivity index (χ1n) is 11.8. The van der Waals surface area contributed by atoms with Crippen molar-refractivity contribution in [3.05, 3.63) is 22.1 Å². The molecule has 31 heavy (non-hydrogen) atoms. The molecule has 0 bridgehead atoms. The number of carbonyl (C=O) groups is 1. The van der Waals surface area contributed by atoms with Gasteiger partial charge in [0.25, 0.3) is 11.5 Å². The largest absolute Gasteiger partial charge is 0.347 e. The third kappa shape index (κ3) is 4.35. The van der Waals surface area contributed by atoms with Gasteiger partial charge in [0.1, 0.15) is 5.69 Å². The summed E-state index contributed by atoms with van der Waals surface area (Å²) in [7, 11) is 0. The predicted molar refractivity (Wildman–Crippen MR) is 122 cm³/mol. The SMILES string of the molecule is CC1CCN(c2nn3c(C(=O)N4CCC(N5CCCCC5)CC4)cc(=O)nc3s2)CC1. The van der Waals surface area contributed by atoms with E-state index in [1.807, 2.05) is 4.90 Å². The van der Waals surface area contributed by atoms with Crippen LogP contribution in [-0.2, 0) is 0 Å². The molecule has 5 heterocycles. The minimum absolute atomic E-state index is 0.101. The molecule has 9 heteroatoms. The van der Waals surface area contributed by atoms with E-state index in [2.05, 4.69) is 21.7 Å². The number of amides is 1. The summed E-state index contributed by atoms with van der Waals surface area (Å²) in [4.78, 5) is 37.0. The molecular formula is C22H32N6O2S. The van der Waals surface area contributed by atoms with Gasteiger partial charge in [-0.15, -0.1) is 5.10 Å². The average molecular weight is 445 g/mol. The molecule has 0 radical (unpaired) electrons. The smallest absolute Gasteiger partial charge is 0.274 e.